The summed E-state index contributed by atoms with van der Waals surface area (Å²) < 4.78 is 11.2. The Morgan fingerprint density at radius 2 is 2.08 bits per heavy atom. The number of rotatable bonds is 11. The molecule has 0 aliphatic heterocycles. The Hall–Kier alpha value is -1.28. The zero-order valence-electron chi connectivity index (χ0n) is 15.9. The van der Waals surface area contributed by atoms with Crippen LogP contribution in [-0.2, 0) is 11.3 Å². The summed E-state index contributed by atoms with van der Waals surface area (Å²) in [7, 11) is 1.80. The second kappa shape index (κ2) is 12.2. The Morgan fingerprint density at radius 3 is 2.73 bits per heavy atom. The van der Waals surface area contributed by atoms with Crippen molar-refractivity contribution in [2.24, 2.45) is 10.4 Å². The van der Waals surface area contributed by atoms with E-state index in [1.165, 1.54) is 12.8 Å². The molecule has 0 atom stereocenters. The van der Waals surface area contributed by atoms with Gasteiger partial charge in [0.05, 0.1) is 0 Å². The van der Waals surface area contributed by atoms with Crippen LogP contribution in [0.4, 0.5) is 0 Å². The Morgan fingerprint density at radius 1 is 1.31 bits per heavy atom. The maximum absolute atomic E-state index is 5.70. The van der Waals surface area contributed by atoms with Crippen LogP contribution in [0, 0.1) is 5.41 Å². The summed E-state index contributed by atoms with van der Waals surface area (Å²) in [6.07, 6.45) is 5.40. The van der Waals surface area contributed by atoms with Crippen molar-refractivity contribution in [3.05, 3.63) is 42.5 Å². The Labute approximate surface area is 174 Å². The van der Waals surface area contributed by atoms with E-state index in [9.17, 15) is 0 Å². The average Bonchev–Trinajstić information content (AvgIpc) is 3.41. The molecule has 0 unspecified atom stereocenters. The van der Waals surface area contributed by atoms with Crippen molar-refractivity contribution in [2.75, 3.05) is 33.4 Å². The molecule has 0 amide bonds. The highest BCUT2D eigenvalue weighted by atomic mass is 127. The van der Waals surface area contributed by atoms with E-state index < -0.39 is 0 Å². The minimum Gasteiger partial charge on any atom is -0.489 e. The summed E-state index contributed by atoms with van der Waals surface area (Å²) in [5.41, 5.74) is 1.49. The topological polar surface area (TPSA) is 54.9 Å². The molecule has 1 fully saturated rings. The molecule has 0 radical (unpaired) electrons. The normalized spacial score (nSPS) is 14.9. The fraction of sp³-hybridized carbons (Fsp3) is 0.550. The molecule has 26 heavy (non-hydrogen) atoms. The summed E-state index contributed by atoms with van der Waals surface area (Å²) in [5.74, 6) is 1.70. The summed E-state index contributed by atoms with van der Waals surface area (Å²) in [6, 6.07) is 8.03. The van der Waals surface area contributed by atoms with Crippen molar-refractivity contribution in [1.82, 2.24) is 10.6 Å². The number of nitrogens with zero attached hydrogens (tertiary/aromatic N) is 1. The van der Waals surface area contributed by atoms with Gasteiger partial charge >= 0.3 is 0 Å². The van der Waals surface area contributed by atoms with Crippen LogP contribution in [0.15, 0.2) is 41.9 Å². The van der Waals surface area contributed by atoms with Gasteiger partial charge in [0.2, 0.25) is 0 Å². The lowest BCUT2D eigenvalue weighted by Gasteiger charge is -2.19. The Kier molecular flexibility index (Phi) is 10.7. The smallest absolute Gasteiger partial charge is 0.191 e. The van der Waals surface area contributed by atoms with E-state index >= 15 is 0 Å². The van der Waals surface area contributed by atoms with Crippen molar-refractivity contribution in [1.29, 1.82) is 0 Å². The van der Waals surface area contributed by atoms with E-state index in [0.29, 0.717) is 18.6 Å². The molecule has 0 bridgehead atoms. The Balaban J connectivity index is 0.00000338. The number of halogens is 1. The van der Waals surface area contributed by atoms with Crippen LogP contribution in [-0.4, -0.2) is 39.4 Å². The van der Waals surface area contributed by atoms with Crippen molar-refractivity contribution in [2.45, 2.75) is 32.7 Å². The highest BCUT2D eigenvalue weighted by molar-refractivity contribution is 14.0. The largest absolute Gasteiger partial charge is 0.489 e. The third-order valence-corrected chi connectivity index (χ3v) is 4.57. The van der Waals surface area contributed by atoms with Gasteiger partial charge in [-0.05, 0) is 37.7 Å². The summed E-state index contributed by atoms with van der Waals surface area (Å²) in [6.45, 7) is 9.48. The van der Waals surface area contributed by atoms with Gasteiger partial charge in [-0.2, -0.15) is 0 Å². The van der Waals surface area contributed by atoms with Crippen LogP contribution in [0.1, 0.15) is 31.7 Å². The minimum atomic E-state index is 0. The first-order chi connectivity index (χ1) is 12.2. The SMILES string of the molecule is C=CCOc1ccccc1CNC(=NC)NCC1(CCOCC)CC1.I. The van der Waals surface area contributed by atoms with Crippen LogP contribution in [0.3, 0.4) is 0 Å². The van der Waals surface area contributed by atoms with Gasteiger partial charge in [0.15, 0.2) is 5.96 Å². The Bertz CT molecular complexity index is 574. The molecule has 0 aromatic heterocycles. The minimum absolute atomic E-state index is 0. The fourth-order valence-electron chi connectivity index (χ4n) is 2.74. The van der Waals surface area contributed by atoms with Crippen LogP contribution >= 0.6 is 24.0 Å². The van der Waals surface area contributed by atoms with E-state index in [1.807, 2.05) is 25.1 Å². The molecule has 5 nitrogen and oxygen atoms in total. The van der Waals surface area contributed by atoms with Gasteiger partial charge in [0.1, 0.15) is 12.4 Å². The van der Waals surface area contributed by atoms with Crippen LogP contribution in [0.25, 0.3) is 0 Å². The lowest BCUT2D eigenvalue weighted by atomic mass is 10.0. The number of ether oxygens (including phenoxy) is 2. The lowest BCUT2D eigenvalue weighted by molar-refractivity contribution is 0.128. The lowest BCUT2D eigenvalue weighted by Crippen LogP contribution is -2.40. The van der Waals surface area contributed by atoms with Crippen LogP contribution in [0.5, 0.6) is 5.75 Å². The molecule has 1 aromatic rings. The fourth-order valence-corrected chi connectivity index (χ4v) is 2.74. The van der Waals surface area contributed by atoms with Crippen molar-refractivity contribution >= 4 is 29.9 Å². The van der Waals surface area contributed by atoms with Gasteiger partial charge in [0, 0.05) is 38.9 Å². The van der Waals surface area contributed by atoms with E-state index in [2.05, 4.69) is 28.3 Å². The van der Waals surface area contributed by atoms with E-state index in [4.69, 9.17) is 9.47 Å². The molecule has 0 spiro atoms. The predicted octanol–water partition coefficient (Wildman–Crippen LogP) is 3.74. The first-order valence-corrected chi connectivity index (χ1v) is 9.07. The average molecular weight is 473 g/mol. The van der Waals surface area contributed by atoms with Gasteiger partial charge in [-0.3, -0.25) is 4.99 Å². The molecule has 1 aromatic carbocycles. The monoisotopic (exact) mass is 473 g/mol. The number of hydrogen-bond donors (Lipinski definition) is 2. The molecule has 1 saturated carbocycles. The van der Waals surface area contributed by atoms with Gasteiger partial charge < -0.3 is 20.1 Å². The van der Waals surface area contributed by atoms with Crippen molar-refractivity contribution in [3.8, 4) is 5.75 Å². The molecule has 0 heterocycles. The van der Waals surface area contributed by atoms with Gasteiger partial charge in [-0.15, -0.1) is 24.0 Å². The van der Waals surface area contributed by atoms with Gasteiger partial charge in [-0.1, -0.05) is 30.9 Å². The number of aliphatic imine (C=N–C) groups is 1. The number of para-hydroxylation sites is 1. The third-order valence-electron chi connectivity index (χ3n) is 4.57. The molecule has 2 N–H and O–H groups in total. The highest BCUT2D eigenvalue weighted by Crippen LogP contribution is 2.48. The molecular weight excluding hydrogens is 441 g/mol. The quantitative estimate of drug-likeness (QED) is 0.169. The molecular formula is C20H32IN3O2. The summed E-state index contributed by atoms with van der Waals surface area (Å²) >= 11 is 0. The number of benzene rings is 1. The third kappa shape index (κ3) is 7.53. The zero-order valence-corrected chi connectivity index (χ0v) is 18.3. The summed E-state index contributed by atoms with van der Waals surface area (Å²) in [4.78, 5) is 4.33. The molecule has 0 saturated heterocycles. The zero-order chi connectivity index (χ0) is 18.0. The molecule has 1 aliphatic rings. The molecule has 1 aliphatic carbocycles. The highest BCUT2D eigenvalue weighted by Gasteiger charge is 2.41. The maximum atomic E-state index is 5.70. The van der Waals surface area contributed by atoms with Crippen molar-refractivity contribution in [3.63, 3.8) is 0 Å². The molecule has 6 heteroatoms. The number of guanidine groups is 1. The second-order valence-electron chi connectivity index (χ2n) is 6.43. The predicted molar refractivity (Wildman–Crippen MR) is 119 cm³/mol. The van der Waals surface area contributed by atoms with Crippen LogP contribution < -0.4 is 15.4 Å². The maximum Gasteiger partial charge on any atom is 0.191 e. The standard InChI is InChI=1S/C20H31N3O2.HI/c1-4-13-25-18-9-7-6-8-17(18)15-22-19(21-3)23-16-20(10-11-20)12-14-24-5-2;/h4,6-9H,1,5,10-16H2,2-3H3,(H2,21,22,23);1H. The van der Waals surface area contributed by atoms with E-state index in [1.54, 1.807) is 13.1 Å². The van der Waals surface area contributed by atoms with Crippen LogP contribution in [0.2, 0.25) is 0 Å². The summed E-state index contributed by atoms with van der Waals surface area (Å²) in [5, 5.41) is 6.83. The first kappa shape index (κ1) is 22.8. The second-order valence-corrected chi connectivity index (χ2v) is 6.43. The van der Waals surface area contributed by atoms with Gasteiger partial charge in [0.25, 0.3) is 0 Å². The van der Waals surface area contributed by atoms with Crippen molar-refractivity contribution < 1.29 is 9.47 Å². The van der Waals surface area contributed by atoms with Gasteiger partial charge in [-0.25, -0.2) is 0 Å². The molecule has 2 rings (SSSR count). The number of hydrogen-bond acceptors (Lipinski definition) is 3. The molecule has 146 valence electrons. The van der Waals surface area contributed by atoms with E-state index in [0.717, 1.165) is 43.5 Å². The van der Waals surface area contributed by atoms with E-state index in [-0.39, 0.29) is 24.0 Å². The first-order valence-electron chi connectivity index (χ1n) is 9.07. The number of nitrogens with one attached hydrogen (secondary N) is 2.